The summed E-state index contributed by atoms with van der Waals surface area (Å²) in [4.78, 5) is 28.0. The molecule has 2 aromatic carbocycles. The number of furan rings is 1. The van der Waals surface area contributed by atoms with Gasteiger partial charge in [0.1, 0.15) is 12.3 Å². The molecule has 0 bridgehead atoms. The van der Waals surface area contributed by atoms with Gasteiger partial charge in [0, 0.05) is 17.0 Å². The number of carbonyl (C=O) groups excluding carboxylic acids is 2. The van der Waals surface area contributed by atoms with E-state index < -0.39 is 0 Å². The fourth-order valence-corrected chi connectivity index (χ4v) is 4.29. The molecule has 1 atom stereocenters. The van der Waals surface area contributed by atoms with E-state index in [1.54, 1.807) is 22.9 Å². The van der Waals surface area contributed by atoms with Gasteiger partial charge in [0.15, 0.2) is 0 Å². The van der Waals surface area contributed by atoms with Crippen LogP contribution in [-0.4, -0.2) is 18.4 Å². The van der Waals surface area contributed by atoms with Crippen molar-refractivity contribution in [1.82, 2.24) is 0 Å². The normalized spacial score (nSPS) is 16.5. The lowest BCUT2D eigenvalue weighted by molar-refractivity contribution is -0.121. The van der Waals surface area contributed by atoms with Crippen LogP contribution in [-0.2, 0) is 9.59 Å². The highest BCUT2D eigenvalue weighted by molar-refractivity contribution is 7.99. The van der Waals surface area contributed by atoms with E-state index in [0.29, 0.717) is 5.69 Å². The van der Waals surface area contributed by atoms with Crippen LogP contribution in [0.1, 0.15) is 17.4 Å². The first-order valence-electron chi connectivity index (χ1n) is 8.65. The number of hydrogen-bond donors (Lipinski definition) is 1. The van der Waals surface area contributed by atoms with Crippen molar-refractivity contribution in [3.05, 3.63) is 78.8 Å². The predicted octanol–water partition coefficient (Wildman–Crippen LogP) is 4.49. The predicted molar refractivity (Wildman–Crippen MR) is 106 cm³/mol. The van der Waals surface area contributed by atoms with Crippen molar-refractivity contribution in [2.24, 2.45) is 0 Å². The number of thioether (sulfide) groups is 1. The third-order valence-electron chi connectivity index (χ3n) is 4.31. The van der Waals surface area contributed by atoms with Crippen LogP contribution in [0.3, 0.4) is 0 Å². The number of nitrogens with one attached hydrogen (secondary N) is 1. The lowest BCUT2D eigenvalue weighted by atomic mass is 10.2. The zero-order valence-corrected chi connectivity index (χ0v) is 15.3. The quantitative estimate of drug-likeness (QED) is 0.727. The molecule has 0 saturated heterocycles. The first-order chi connectivity index (χ1) is 13.2. The first-order valence-corrected chi connectivity index (χ1v) is 9.53. The van der Waals surface area contributed by atoms with E-state index >= 15 is 0 Å². The second-order valence-electron chi connectivity index (χ2n) is 6.19. The molecule has 0 aliphatic carbocycles. The largest absolute Gasteiger partial charge is 0.468 e. The molecule has 0 fully saturated rings. The second kappa shape index (κ2) is 7.72. The number of rotatable bonds is 4. The zero-order valence-electron chi connectivity index (χ0n) is 14.5. The Kier molecular flexibility index (Phi) is 4.98. The minimum absolute atomic E-state index is 0.0316. The Labute approximate surface area is 161 Å². The smallest absolute Gasteiger partial charge is 0.244 e. The number of carbonyl (C=O) groups is 2. The molecule has 1 aliphatic heterocycles. The first kappa shape index (κ1) is 17.4. The van der Waals surface area contributed by atoms with Crippen LogP contribution in [0.5, 0.6) is 0 Å². The maximum atomic E-state index is 13.0. The van der Waals surface area contributed by atoms with Crippen molar-refractivity contribution in [3.63, 3.8) is 0 Å². The summed E-state index contributed by atoms with van der Waals surface area (Å²) in [7, 11) is 0. The summed E-state index contributed by atoms with van der Waals surface area (Å²) in [6.07, 6.45) is 1.88. The van der Waals surface area contributed by atoms with E-state index in [9.17, 15) is 9.59 Å². The lowest BCUT2D eigenvalue weighted by Crippen LogP contribution is -2.38. The standard InChI is InChI=1S/C21H18N2O3S/c24-20(22-15-7-2-1-3-8-15)14-23-16-9-4-5-11-18(16)27-19(13-21(23)25)17-10-6-12-26-17/h1-12,19H,13-14H2,(H,22,24)/t19-/m1/s1. The minimum atomic E-state index is -0.231. The maximum absolute atomic E-state index is 13.0. The lowest BCUT2D eigenvalue weighted by Gasteiger charge is -2.22. The van der Waals surface area contributed by atoms with Gasteiger partial charge in [-0.25, -0.2) is 0 Å². The number of nitrogens with zero attached hydrogens (tertiary/aromatic N) is 1. The summed E-state index contributed by atoms with van der Waals surface area (Å²) in [6, 6.07) is 20.6. The number of fused-ring (bicyclic) bond motifs is 1. The topological polar surface area (TPSA) is 62.6 Å². The summed E-state index contributed by atoms with van der Waals surface area (Å²) < 4.78 is 5.52. The van der Waals surface area contributed by atoms with Crippen molar-refractivity contribution >= 4 is 35.0 Å². The summed E-state index contributed by atoms with van der Waals surface area (Å²) >= 11 is 1.59. The molecule has 0 saturated carbocycles. The van der Waals surface area contributed by atoms with E-state index in [1.807, 2.05) is 66.7 Å². The average Bonchev–Trinajstić information content (AvgIpc) is 3.17. The molecule has 6 heteroatoms. The third-order valence-corrected chi connectivity index (χ3v) is 5.59. The van der Waals surface area contributed by atoms with Crippen LogP contribution in [0.2, 0.25) is 0 Å². The van der Waals surface area contributed by atoms with E-state index in [1.165, 1.54) is 0 Å². The molecule has 136 valence electrons. The van der Waals surface area contributed by atoms with Crippen LogP contribution in [0.25, 0.3) is 0 Å². The fraction of sp³-hybridized carbons (Fsp3) is 0.143. The van der Waals surface area contributed by atoms with Crippen molar-refractivity contribution < 1.29 is 14.0 Å². The van der Waals surface area contributed by atoms with Gasteiger partial charge < -0.3 is 14.6 Å². The molecule has 4 rings (SSSR count). The molecule has 1 aliphatic rings. The van der Waals surface area contributed by atoms with Gasteiger partial charge in [-0.05, 0) is 36.4 Å². The average molecular weight is 378 g/mol. The Balaban J connectivity index is 1.58. The highest BCUT2D eigenvalue weighted by atomic mass is 32.2. The Morgan fingerprint density at radius 1 is 1.07 bits per heavy atom. The van der Waals surface area contributed by atoms with E-state index in [-0.39, 0.29) is 30.0 Å². The van der Waals surface area contributed by atoms with Crippen molar-refractivity contribution in [2.45, 2.75) is 16.6 Å². The van der Waals surface area contributed by atoms with Crippen LogP contribution in [0.15, 0.2) is 82.3 Å². The van der Waals surface area contributed by atoms with Crippen LogP contribution < -0.4 is 10.2 Å². The summed E-state index contributed by atoms with van der Waals surface area (Å²) in [5, 5.41) is 2.73. The third kappa shape index (κ3) is 3.90. The van der Waals surface area contributed by atoms with E-state index in [0.717, 1.165) is 16.3 Å². The summed E-state index contributed by atoms with van der Waals surface area (Å²) in [5.74, 6) is 0.432. The van der Waals surface area contributed by atoms with E-state index in [2.05, 4.69) is 5.32 Å². The van der Waals surface area contributed by atoms with Gasteiger partial charge in [0.05, 0.1) is 17.2 Å². The molecule has 1 aromatic heterocycles. The number of anilines is 2. The molecule has 5 nitrogen and oxygen atoms in total. The van der Waals surface area contributed by atoms with Crippen molar-refractivity contribution in [3.8, 4) is 0 Å². The monoisotopic (exact) mass is 378 g/mol. The highest BCUT2D eigenvalue weighted by Gasteiger charge is 2.31. The highest BCUT2D eigenvalue weighted by Crippen LogP contribution is 2.45. The zero-order chi connectivity index (χ0) is 18.6. The number of benzene rings is 2. The van der Waals surface area contributed by atoms with Crippen molar-refractivity contribution in [1.29, 1.82) is 0 Å². The summed E-state index contributed by atoms with van der Waals surface area (Å²) in [5.41, 5.74) is 1.46. The van der Waals surface area contributed by atoms with Gasteiger partial charge >= 0.3 is 0 Å². The Morgan fingerprint density at radius 3 is 2.63 bits per heavy atom. The van der Waals surface area contributed by atoms with Gasteiger partial charge in [-0.1, -0.05) is 30.3 Å². The Morgan fingerprint density at radius 2 is 1.85 bits per heavy atom. The number of hydrogen-bond acceptors (Lipinski definition) is 4. The molecule has 2 amide bonds. The number of para-hydroxylation sites is 2. The molecule has 0 spiro atoms. The van der Waals surface area contributed by atoms with Crippen LogP contribution >= 0.6 is 11.8 Å². The fourth-order valence-electron chi connectivity index (χ4n) is 3.05. The molecule has 1 N–H and O–H groups in total. The molecule has 2 heterocycles. The minimum Gasteiger partial charge on any atom is -0.468 e. The Hall–Kier alpha value is -2.99. The molecule has 27 heavy (non-hydrogen) atoms. The number of amides is 2. The van der Waals surface area contributed by atoms with Crippen LogP contribution in [0, 0.1) is 0 Å². The van der Waals surface area contributed by atoms with Crippen molar-refractivity contribution in [2.75, 3.05) is 16.8 Å². The van der Waals surface area contributed by atoms with Gasteiger partial charge in [-0.2, -0.15) is 0 Å². The van der Waals surface area contributed by atoms with Gasteiger partial charge in [0.25, 0.3) is 0 Å². The molecule has 0 unspecified atom stereocenters. The SMILES string of the molecule is O=C(CN1C(=O)C[C@H](c2ccco2)Sc2ccccc21)Nc1ccccc1. The Bertz CT molecular complexity index is 941. The molecular formula is C21H18N2O3S. The van der Waals surface area contributed by atoms with Gasteiger partial charge in [0.2, 0.25) is 11.8 Å². The van der Waals surface area contributed by atoms with Crippen LogP contribution in [0.4, 0.5) is 11.4 Å². The summed E-state index contributed by atoms with van der Waals surface area (Å²) in [6.45, 7) is -0.0316. The second-order valence-corrected chi connectivity index (χ2v) is 7.43. The van der Waals surface area contributed by atoms with Gasteiger partial charge in [-0.15, -0.1) is 11.8 Å². The molecule has 3 aromatic rings. The van der Waals surface area contributed by atoms with Gasteiger partial charge in [-0.3, -0.25) is 9.59 Å². The molecular weight excluding hydrogens is 360 g/mol. The van der Waals surface area contributed by atoms with E-state index in [4.69, 9.17) is 4.42 Å². The molecule has 0 radical (unpaired) electrons. The maximum Gasteiger partial charge on any atom is 0.244 e.